The number of hydrogen-bond donors (Lipinski definition) is 1. The molecule has 3 nitrogen and oxygen atoms in total. The van der Waals surface area contributed by atoms with Crippen molar-refractivity contribution in [2.24, 2.45) is 0 Å². The highest BCUT2D eigenvalue weighted by Gasteiger charge is 2.29. The van der Waals surface area contributed by atoms with E-state index < -0.39 is 0 Å². The van der Waals surface area contributed by atoms with E-state index >= 15 is 0 Å². The second kappa shape index (κ2) is 6.40. The Labute approximate surface area is 119 Å². The molecule has 0 bridgehead atoms. The molecule has 0 spiro atoms. The summed E-state index contributed by atoms with van der Waals surface area (Å²) in [6, 6.07) is 8.67. The summed E-state index contributed by atoms with van der Waals surface area (Å²) in [4.78, 5) is 13.1. The second-order valence-corrected chi connectivity index (χ2v) is 5.85. The third-order valence-electron chi connectivity index (χ3n) is 3.75. The van der Waals surface area contributed by atoms with Gasteiger partial charge in [0.25, 0.3) is 0 Å². The first kappa shape index (κ1) is 14.4. The molecule has 1 saturated carbocycles. The summed E-state index contributed by atoms with van der Waals surface area (Å²) in [5.41, 5.74) is 1.37. The van der Waals surface area contributed by atoms with Gasteiger partial charge in [0, 0.05) is 38.1 Å². The molecule has 1 amide bonds. The van der Waals surface area contributed by atoms with Crippen LogP contribution in [0, 0.1) is 0 Å². The van der Waals surface area contributed by atoms with E-state index in [0.29, 0.717) is 18.4 Å². The molecule has 0 saturated heterocycles. The first-order chi connectivity index (χ1) is 9.06. The molecule has 1 aliphatic carbocycles. The van der Waals surface area contributed by atoms with Gasteiger partial charge in [0.1, 0.15) is 0 Å². The Morgan fingerprint density at radius 3 is 2.53 bits per heavy atom. The van der Waals surface area contributed by atoms with Crippen molar-refractivity contribution in [1.29, 1.82) is 0 Å². The smallest absolute Gasteiger partial charge is 0.223 e. The van der Waals surface area contributed by atoms with Crippen LogP contribution in [0.4, 0.5) is 0 Å². The van der Waals surface area contributed by atoms with Crippen molar-refractivity contribution in [2.45, 2.75) is 31.2 Å². The highest BCUT2D eigenvalue weighted by Crippen LogP contribution is 2.37. The van der Waals surface area contributed by atoms with E-state index in [1.54, 1.807) is 19.0 Å². The monoisotopic (exact) mass is 280 g/mol. The number of halogens is 1. The van der Waals surface area contributed by atoms with Gasteiger partial charge in [-0.2, -0.15) is 0 Å². The van der Waals surface area contributed by atoms with Crippen LogP contribution >= 0.6 is 11.6 Å². The molecule has 104 valence electrons. The summed E-state index contributed by atoms with van der Waals surface area (Å²) in [6.07, 6.45) is 2.88. The van der Waals surface area contributed by atoms with Gasteiger partial charge in [-0.15, -0.1) is 0 Å². The predicted octanol–water partition coefficient (Wildman–Crippen LogP) is 2.65. The lowest BCUT2D eigenvalue weighted by Gasteiger charge is -2.36. The zero-order valence-corrected chi connectivity index (χ0v) is 12.3. The van der Waals surface area contributed by atoms with Crippen LogP contribution in [0.5, 0.6) is 0 Å². The zero-order valence-electron chi connectivity index (χ0n) is 11.5. The van der Waals surface area contributed by atoms with Crippen molar-refractivity contribution in [1.82, 2.24) is 10.2 Å². The van der Waals surface area contributed by atoms with Crippen molar-refractivity contribution < 1.29 is 4.79 Å². The van der Waals surface area contributed by atoms with Gasteiger partial charge in [0.05, 0.1) is 0 Å². The summed E-state index contributed by atoms with van der Waals surface area (Å²) in [7, 11) is 3.59. The van der Waals surface area contributed by atoms with Crippen molar-refractivity contribution in [3.8, 4) is 0 Å². The van der Waals surface area contributed by atoms with Crippen LogP contribution in [-0.2, 0) is 4.79 Å². The zero-order chi connectivity index (χ0) is 13.8. The molecule has 1 aromatic carbocycles. The van der Waals surface area contributed by atoms with Crippen molar-refractivity contribution in [3.63, 3.8) is 0 Å². The molecule has 2 rings (SSSR count). The van der Waals surface area contributed by atoms with Gasteiger partial charge in [-0.05, 0) is 36.5 Å². The van der Waals surface area contributed by atoms with E-state index in [-0.39, 0.29) is 5.91 Å². The highest BCUT2D eigenvalue weighted by atomic mass is 35.5. The lowest BCUT2D eigenvalue weighted by Crippen LogP contribution is -2.41. The SMILES string of the molecule is CN(C)C(=O)CCNC1CC(c2ccc(Cl)cc2)C1. The predicted molar refractivity (Wildman–Crippen MR) is 78.5 cm³/mol. The average Bonchev–Trinajstić information content (AvgIpc) is 2.33. The fraction of sp³-hybridized carbons (Fsp3) is 0.533. The second-order valence-electron chi connectivity index (χ2n) is 5.41. The number of nitrogens with one attached hydrogen (secondary N) is 1. The van der Waals surface area contributed by atoms with Crippen molar-refractivity contribution >= 4 is 17.5 Å². The third kappa shape index (κ3) is 3.95. The maximum atomic E-state index is 11.4. The van der Waals surface area contributed by atoms with E-state index in [4.69, 9.17) is 11.6 Å². The number of carbonyl (C=O) groups excluding carboxylic acids is 1. The summed E-state index contributed by atoms with van der Waals surface area (Å²) < 4.78 is 0. The molecule has 0 unspecified atom stereocenters. The molecule has 1 aromatic rings. The minimum atomic E-state index is 0.182. The molecular weight excluding hydrogens is 260 g/mol. The van der Waals surface area contributed by atoms with Crippen LogP contribution in [0.1, 0.15) is 30.7 Å². The van der Waals surface area contributed by atoms with Crippen LogP contribution in [0.2, 0.25) is 5.02 Å². The van der Waals surface area contributed by atoms with Crippen molar-refractivity contribution in [3.05, 3.63) is 34.9 Å². The van der Waals surface area contributed by atoms with Crippen LogP contribution in [0.3, 0.4) is 0 Å². The Balaban J connectivity index is 1.66. The summed E-state index contributed by atoms with van der Waals surface area (Å²) in [6.45, 7) is 0.773. The minimum Gasteiger partial charge on any atom is -0.349 e. The van der Waals surface area contributed by atoms with E-state index in [1.807, 2.05) is 12.1 Å². The normalized spacial score (nSPS) is 21.8. The highest BCUT2D eigenvalue weighted by molar-refractivity contribution is 6.30. The number of benzene rings is 1. The molecule has 4 heteroatoms. The Hall–Kier alpha value is -1.06. The quantitative estimate of drug-likeness (QED) is 0.899. The molecule has 0 radical (unpaired) electrons. The van der Waals surface area contributed by atoms with Crippen LogP contribution in [0.15, 0.2) is 24.3 Å². The summed E-state index contributed by atoms with van der Waals surface area (Å²) in [5, 5.41) is 4.23. The average molecular weight is 281 g/mol. The molecule has 1 aliphatic rings. The van der Waals surface area contributed by atoms with Crippen LogP contribution in [-0.4, -0.2) is 37.5 Å². The third-order valence-corrected chi connectivity index (χ3v) is 4.00. The minimum absolute atomic E-state index is 0.182. The molecule has 19 heavy (non-hydrogen) atoms. The van der Waals surface area contributed by atoms with Gasteiger partial charge >= 0.3 is 0 Å². The van der Waals surface area contributed by atoms with Gasteiger partial charge in [-0.25, -0.2) is 0 Å². The van der Waals surface area contributed by atoms with E-state index in [1.165, 1.54) is 5.56 Å². The fourth-order valence-corrected chi connectivity index (χ4v) is 2.52. The molecule has 1 N–H and O–H groups in total. The lowest BCUT2D eigenvalue weighted by atomic mass is 9.76. The number of hydrogen-bond acceptors (Lipinski definition) is 2. The molecule has 0 aromatic heterocycles. The summed E-state index contributed by atoms with van der Waals surface area (Å²) >= 11 is 5.88. The first-order valence-corrected chi connectivity index (χ1v) is 7.13. The Bertz CT molecular complexity index is 424. The molecule has 0 atom stereocenters. The number of rotatable bonds is 5. The molecule has 1 fully saturated rings. The number of nitrogens with zero attached hydrogens (tertiary/aromatic N) is 1. The largest absolute Gasteiger partial charge is 0.349 e. The Morgan fingerprint density at radius 2 is 1.95 bits per heavy atom. The molecule has 0 heterocycles. The first-order valence-electron chi connectivity index (χ1n) is 6.75. The van der Waals surface area contributed by atoms with E-state index in [0.717, 1.165) is 24.4 Å². The fourth-order valence-electron chi connectivity index (χ4n) is 2.40. The van der Waals surface area contributed by atoms with Gasteiger partial charge in [0.15, 0.2) is 0 Å². The van der Waals surface area contributed by atoms with Gasteiger partial charge in [-0.3, -0.25) is 4.79 Å². The maximum absolute atomic E-state index is 11.4. The van der Waals surface area contributed by atoms with Gasteiger partial charge < -0.3 is 10.2 Å². The number of carbonyl (C=O) groups is 1. The topological polar surface area (TPSA) is 32.3 Å². The molecular formula is C15H21ClN2O. The Kier molecular flexibility index (Phi) is 4.83. The van der Waals surface area contributed by atoms with Crippen LogP contribution in [0.25, 0.3) is 0 Å². The lowest BCUT2D eigenvalue weighted by molar-refractivity contribution is -0.128. The van der Waals surface area contributed by atoms with E-state index in [2.05, 4.69) is 17.4 Å². The summed E-state index contributed by atoms with van der Waals surface area (Å²) in [5.74, 6) is 0.820. The van der Waals surface area contributed by atoms with Gasteiger partial charge in [0.2, 0.25) is 5.91 Å². The van der Waals surface area contributed by atoms with Crippen LogP contribution < -0.4 is 5.32 Å². The Morgan fingerprint density at radius 1 is 1.32 bits per heavy atom. The van der Waals surface area contributed by atoms with E-state index in [9.17, 15) is 4.79 Å². The maximum Gasteiger partial charge on any atom is 0.223 e. The number of amides is 1. The molecule has 0 aliphatic heterocycles. The standard InChI is InChI=1S/C15H21ClN2O/c1-18(2)15(19)7-8-17-14-9-12(10-14)11-3-5-13(16)6-4-11/h3-6,12,14,17H,7-10H2,1-2H3. The van der Waals surface area contributed by atoms with Gasteiger partial charge in [-0.1, -0.05) is 23.7 Å². The van der Waals surface area contributed by atoms with Crippen molar-refractivity contribution in [2.75, 3.05) is 20.6 Å².